The Morgan fingerprint density at radius 2 is 2.11 bits per heavy atom. The van der Waals surface area contributed by atoms with Crippen LogP contribution in [0.1, 0.15) is 56.9 Å². The molecule has 0 saturated carbocycles. The molecule has 1 heterocycles. The number of hydrogen-bond acceptors (Lipinski definition) is 3. The highest BCUT2D eigenvalue weighted by molar-refractivity contribution is 5.57. The summed E-state index contributed by atoms with van der Waals surface area (Å²) in [5.74, 6) is 0.889. The SMILES string of the molecule is CCCN(c1nc2c(cc1C#N)CCCC2)C(C)C. The van der Waals surface area contributed by atoms with Gasteiger partial charge >= 0.3 is 0 Å². The van der Waals surface area contributed by atoms with E-state index in [0.717, 1.165) is 37.2 Å². The molecule has 0 unspecified atom stereocenters. The minimum atomic E-state index is 0.376. The maximum atomic E-state index is 9.40. The average Bonchev–Trinajstić information content (AvgIpc) is 2.43. The number of pyridine rings is 1. The van der Waals surface area contributed by atoms with Crippen molar-refractivity contribution < 1.29 is 0 Å². The van der Waals surface area contributed by atoms with Crippen LogP contribution >= 0.6 is 0 Å². The zero-order valence-corrected chi connectivity index (χ0v) is 12.2. The molecule has 1 aromatic heterocycles. The van der Waals surface area contributed by atoms with Crippen LogP contribution < -0.4 is 4.90 Å². The van der Waals surface area contributed by atoms with E-state index < -0.39 is 0 Å². The van der Waals surface area contributed by atoms with E-state index in [1.165, 1.54) is 24.1 Å². The van der Waals surface area contributed by atoms with Crippen LogP contribution in [0.5, 0.6) is 0 Å². The van der Waals surface area contributed by atoms with E-state index in [-0.39, 0.29) is 0 Å². The Kier molecular flexibility index (Phi) is 4.42. The summed E-state index contributed by atoms with van der Waals surface area (Å²) in [7, 11) is 0. The first kappa shape index (κ1) is 13.9. The minimum absolute atomic E-state index is 0.376. The molecule has 19 heavy (non-hydrogen) atoms. The predicted octanol–water partition coefficient (Wildman–Crippen LogP) is 3.46. The fourth-order valence-corrected chi connectivity index (χ4v) is 2.77. The van der Waals surface area contributed by atoms with Gasteiger partial charge in [-0.05, 0) is 57.6 Å². The van der Waals surface area contributed by atoms with Gasteiger partial charge in [0.15, 0.2) is 0 Å². The van der Waals surface area contributed by atoms with Crippen molar-refractivity contribution in [3.05, 3.63) is 22.9 Å². The first-order chi connectivity index (χ1) is 9.17. The maximum Gasteiger partial charge on any atom is 0.147 e. The second-order valence-corrected chi connectivity index (χ2v) is 5.57. The molecular weight excluding hydrogens is 234 g/mol. The second kappa shape index (κ2) is 6.06. The fourth-order valence-electron chi connectivity index (χ4n) is 2.77. The standard InChI is InChI=1S/C16H23N3/c1-4-9-19(12(2)3)16-14(11-17)10-13-7-5-6-8-15(13)18-16/h10,12H,4-9H2,1-3H3. The molecule has 1 aliphatic carbocycles. The molecule has 0 bridgehead atoms. The van der Waals surface area contributed by atoms with Gasteiger partial charge < -0.3 is 4.90 Å². The lowest BCUT2D eigenvalue weighted by Gasteiger charge is -2.29. The van der Waals surface area contributed by atoms with E-state index in [1.807, 2.05) is 0 Å². The van der Waals surface area contributed by atoms with Crippen LogP contribution in [-0.2, 0) is 12.8 Å². The molecular formula is C16H23N3. The molecule has 0 N–H and O–H groups in total. The van der Waals surface area contributed by atoms with Crippen molar-refractivity contribution in [3.8, 4) is 6.07 Å². The Hall–Kier alpha value is -1.56. The number of anilines is 1. The molecule has 0 spiro atoms. The highest BCUT2D eigenvalue weighted by atomic mass is 15.2. The Labute approximate surface area is 116 Å². The molecule has 0 amide bonds. The molecule has 3 nitrogen and oxygen atoms in total. The normalized spacial score (nSPS) is 14.1. The molecule has 0 saturated heterocycles. The quantitative estimate of drug-likeness (QED) is 0.829. The summed E-state index contributed by atoms with van der Waals surface area (Å²) in [5.41, 5.74) is 3.23. The van der Waals surface area contributed by atoms with Crippen LogP contribution in [0.3, 0.4) is 0 Å². The summed E-state index contributed by atoms with van der Waals surface area (Å²) in [6.07, 6.45) is 5.66. The molecule has 0 aliphatic heterocycles. The van der Waals surface area contributed by atoms with Gasteiger partial charge in [0.1, 0.15) is 11.9 Å². The molecule has 3 heteroatoms. The first-order valence-corrected chi connectivity index (χ1v) is 7.37. The summed E-state index contributed by atoms with van der Waals surface area (Å²) >= 11 is 0. The van der Waals surface area contributed by atoms with Crippen molar-refractivity contribution in [2.24, 2.45) is 0 Å². The van der Waals surface area contributed by atoms with E-state index in [4.69, 9.17) is 4.98 Å². The number of fused-ring (bicyclic) bond motifs is 1. The van der Waals surface area contributed by atoms with Crippen molar-refractivity contribution in [1.29, 1.82) is 5.26 Å². The molecule has 1 aliphatic rings. The van der Waals surface area contributed by atoms with Gasteiger partial charge in [-0.25, -0.2) is 4.98 Å². The third kappa shape index (κ3) is 2.89. The lowest BCUT2D eigenvalue weighted by atomic mass is 9.94. The minimum Gasteiger partial charge on any atom is -0.353 e. The summed E-state index contributed by atoms with van der Waals surface area (Å²) < 4.78 is 0. The lowest BCUT2D eigenvalue weighted by Crippen LogP contribution is -2.33. The molecule has 0 atom stereocenters. The van der Waals surface area contributed by atoms with E-state index in [1.54, 1.807) is 0 Å². The Bertz CT molecular complexity index is 486. The number of aryl methyl sites for hydroxylation is 2. The van der Waals surface area contributed by atoms with Gasteiger partial charge in [0.2, 0.25) is 0 Å². The van der Waals surface area contributed by atoms with Crippen LogP contribution in [-0.4, -0.2) is 17.6 Å². The van der Waals surface area contributed by atoms with Gasteiger partial charge in [-0.1, -0.05) is 6.92 Å². The van der Waals surface area contributed by atoms with Gasteiger partial charge in [0.05, 0.1) is 5.56 Å². The first-order valence-electron chi connectivity index (χ1n) is 7.37. The highest BCUT2D eigenvalue weighted by Gasteiger charge is 2.20. The summed E-state index contributed by atoms with van der Waals surface area (Å²) in [4.78, 5) is 7.09. The van der Waals surface area contributed by atoms with Gasteiger partial charge in [-0.15, -0.1) is 0 Å². The van der Waals surface area contributed by atoms with Crippen molar-refractivity contribution in [1.82, 2.24) is 4.98 Å². The van der Waals surface area contributed by atoms with Gasteiger partial charge in [0.25, 0.3) is 0 Å². The molecule has 0 radical (unpaired) electrons. The van der Waals surface area contributed by atoms with Crippen LogP contribution in [0.2, 0.25) is 0 Å². The summed E-state index contributed by atoms with van der Waals surface area (Å²) in [6, 6.07) is 4.78. The zero-order valence-electron chi connectivity index (χ0n) is 12.2. The molecule has 102 valence electrons. The van der Waals surface area contributed by atoms with Crippen LogP contribution in [0, 0.1) is 11.3 Å². The topological polar surface area (TPSA) is 39.9 Å². The lowest BCUT2D eigenvalue weighted by molar-refractivity contribution is 0.640. The van der Waals surface area contributed by atoms with Crippen molar-refractivity contribution in [2.75, 3.05) is 11.4 Å². The van der Waals surface area contributed by atoms with Crippen molar-refractivity contribution >= 4 is 5.82 Å². The van der Waals surface area contributed by atoms with Crippen LogP contribution in [0.4, 0.5) is 5.82 Å². The molecule has 2 rings (SSSR count). The Morgan fingerprint density at radius 3 is 2.74 bits per heavy atom. The number of rotatable bonds is 4. The Balaban J connectivity index is 2.45. The fraction of sp³-hybridized carbons (Fsp3) is 0.625. The van der Waals surface area contributed by atoms with Gasteiger partial charge in [-0.3, -0.25) is 0 Å². The molecule has 0 fully saturated rings. The largest absolute Gasteiger partial charge is 0.353 e. The van der Waals surface area contributed by atoms with Gasteiger partial charge in [0, 0.05) is 18.3 Å². The van der Waals surface area contributed by atoms with E-state index in [9.17, 15) is 5.26 Å². The maximum absolute atomic E-state index is 9.40. The smallest absolute Gasteiger partial charge is 0.147 e. The third-order valence-corrected chi connectivity index (χ3v) is 3.76. The average molecular weight is 257 g/mol. The van der Waals surface area contributed by atoms with E-state index in [2.05, 4.69) is 37.8 Å². The summed E-state index contributed by atoms with van der Waals surface area (Å²) in [5, 5.41) is 9.40. The number of nitriles is 1. The van der Waals surface area contributed by atoms with Crippen LogP contribution in [0.15, 0.2) is 6.07 Å². The van der Waals surface area contributed by atoms with Crippen LogP contribution in [0.25, 0.3) is 0 Å². The van der Waals surface area contributed by atoms with Crippen molar-refractivity contribution in [3.63, 3.8) is 0 Å². The third-order valence-electron chi connectivity index (χ3n) is 3.76. The van der Waals surface area contributed by atoms with E-state index >= 15 is 0 Å². The van der Waals surface area contributed by atoms with Crippen molar-refractivity contribution in [2.45, 2.75) is 58.9 Å². The summed E-state index contributed by atoms with van der Waals surface area (Å²) in [6.45, 7) is 7.45. The highest BCUT2D eigenvalue weighted by Crippen LogP contribution is 2.27. The van der Waals surface area contributed by atoms with E-state index in [0.29, 0.717) is 6.04 Å². The number of aromatic nitrogens is 1. The number of nitrogens with zero attached hydrogens (tertiary/aromatic N) is 3. The molecule has 1 aromatic rings. The second-order valence-electron chi connectivity index (χ2n) is 5.57. The Morgan fingerprint density at radius 1 is 1.37 bits per heavy atom. The zero-order chi connectivity index (χ0) is 13.8. The molecule has 0 aromatic carbocycles. The predicted molar refractivity (Wildman–Crippen MR) is 78.4 cm³/mol. The van der Waals surface area contributed by atoms with Gasteiger partial charge in [-0.2, -0.15) is 5.26 Å². The number of hydrogen-bond donors (Lipinski definition) is 0. The monoisotopic (exact) mass is 257 g/mol.